The molecule has 5 aliphatic rings. The third-order valence-corrected chi connectivity index (χ3v) is 9.01. The molecule has 0 aromatic rings. The predicted octanol–water partition coefficient (Wildman–Crippen LogP) is -2.36. The zero-order valence-electron chi connectivity index (χ0n) is 21.9. The summed E-state index contributed by atoms with van der Waals surface area (Å²) in [6.45, 7) is 11.0. The second kappa shape index (κ2) is 11.5. The second-order valence-electron chi connectivity index (χ2n) is 11.3. The van der Waals surface area contributed by atoms with Crippen LogP contribution in [0.1, 0.15) is 19.3 Å². The molecule has 224 valence electrons. The smallest absolute Gasteiger partial charge is 0.334 e. The van der Waals surface area contributed by atoms with Crippen molar-refractivity contribution in [2.24, 2.45) is 17.8 Å². The van der Waals surface area contributed by atoms with Crippen LogP contribution in [0.3, 0.4) is 0 Å². The molecule has 0 bridgehead atoms. The Balaban J connectivity index is 1.26. The highest BCUT2D eigenvalue weighted by molar-refractivity contribution is 5.90. The Hall–Kier alpha value is -1.75. The highest BCUT2D eigenvalue weighted by Crippen LogP contribution is 2.52. The summed E-state index contributed by atoms with van der Waals surface area (Å²) in [7, 11) is 0. The number of esters is 1. The van der Waals surface area contributed by atoms with Crippen LogP contribution in [0.5, 0.6) is 0 Å². The highest BCUT2D eigenvalue weighted by Gasteiger charge is 2.53. The molecule has 15 atom stereocenters. The van der Waals surface area contributed by atoms with Gasteiger partial charge in [-0.25, -0.2) is 4.79 Å². The Morgan fingerprint density at radius 2 is 1.38 bits per heavy atom. The Morgan fingerprint density at radius 1 is 0.750 bits per heavy atom. The van der Waals surface area contributed by atoms with Crippen molar-refractivity contribution < 1.29 is 64.2 Å². The maximum atomic E-state index is 12.1. The summed E-state index contributed by atoms with van der Waals surface area (Å²) < 4.78 is 28.3. The molecule has 3 aliphatic heterocycles. The normalized spacial score (nSPS) is 49.4. The van der Waals surface area contributed by atoms with Crippen molar-refractivity contribution in [3.8, 4) is 0 Å². The minimum Gasteiger partial charge on any atom is -0.458 e. The quantitative estimate of drug-likeness (QED) is 0.102. The topological polar surface area (TPSA) is 205 Å². The number of carbonyl (C=O) groups excluding carboxylic acids is 1. The van der Waals surface area contributed by atoms with Crippen molar-refractivity contribution in [2.75, 3.05) is 13.2 Å². The summed E-state index contributed by atoms with van der Waals surface area (Å²) >= 11 is 0. The van der Waals surface area contributed by atoms with Gasteiger partial charge >= 0.3 is 5.97 Å². The molecule has 3 saturated heterocycles. The van der Waals surface area contributed by atoms with Crippen molar-refractivity contribution in [3.05, 3.63) is 36.5 Å². The lowest BCUT2D eigenvalue weighted by atomic mass is 9.83. The third kappa shape index (κ3) is 5.07. The van der Waals surface area contributed by atoms with Crippen LogP contribution in [0.25, 0.3) is 0 Å². The van der Waals surface area contributed by atoms with Gasteiger partial charge in [0.2, 0.25) is 0 Å². The minimum absolute atomic E-state index is 0.00355. The molecule has 5 fully saturated rings. The van der Waals surface area contributed by atoms with Crippen LogP contribution in [0.2, 0.25) is 0 Å². The zero-order chi connectivity index (χ0) is 29.0. The maximum Gasteiger partial charge on any atom is 0.334 e. The lowest BCUT2D eigenvalue weighted by molar-refractivity contribution is -0.361. The van der Waals surface area contributed by atoms with Gasteiger partial charge < -0.3 is 59.4 Å². The Labute approximate surface area is 230 Å². The van der Waals surface area contributed by atoms with Gasteiger partial charge in [0, 0.05) is 17.9 Å². The van der Waals surface area contributed by atoms with E-state index in [1.807, 2.05) is 0 Å². The molecule has 13 heteroatoms. The first-order chi connectivity index (χ1) is 19.0. The van der Waals surface area contributed by atoms with Crippen LogP contribution in [-0.4, -0.2) is 129 Å². The highest BCUT2D eigenvalue weighted by atomic mass is 16.7. The number of carbonyl (C=O) groups is 1. The van der Waals surface area contributed by atoms with Gasteiger partial charge in [0.15, 0.2) is 12.6 Å². The van der Waals surface area contributed by atoms with E-state index in [1.54, 1.807) is 0 Å². The fourth-order valence-electron chi connectivity index (χ4n) is 6.62. The molecule has 0 aromatic heterocycles. The van der Waals surface area contributed by atoms with E-state index in [4.69, 9.17) is 23.7 Å². The molecule has 3 heterocycles. The summed E-state index contributed by atoms with van der Waals surface area (Å²) in [5, 5.41) is 71.5. The first-order valence-electron chi connectivity index (χ1n) is 13.5. The summed E-state index contributed by atoms with van der Waals surface area (Å²) in [5.41, 5.74) is 2.06. The van der Waals surface area contributed by atoms with E-state index in [0.29, 0.717) is 24.8 Å². The first-order valence-corrected chi connectivity index (χ1v) is 13.5. The van der Waals surface area contributed by atoms with Crippen LogP contribution in [-0.2, 0) is 28.5 Å². The van der Waals surface area contributed by atoms with Gasteiger partial charge in [-0.05, 0) is 30.3 Å². The molecule has 2 saturated carbocycles. The van der Waals surface area contributed by atoms with Crippen molar-refractivity contribution >= 4 is 5.97 Å². The summed E-state index contributed by atoms with van der Waals surface area (Å²) in [6, 6.07) is 0. The number of aliphatic hydroxyl groups excluding tert-OH is 7. The SMILES string of the molecule is C=C1C(=O)OC2CC(=C)C3CC(O[C@@H]4O[C@H](CO)[C@@H](O[C@@H]5O[C@H](CO)[C@@H](O)[C@H](O)[C@H]5O)[C@H](O)[C@H]4O)C(=C)C3CC12. The van der Waals surface area contributed by atoms with Gasteiger partial charge in [-0.1, -0.05) is 25.3 Å². The van der Waals surface area contributed by atoms with Crippen LogP contribution in [0.4, 0.5) is 0 Å². The van der Waals surface area contributed by atoms with E-state index in [0.717, 1.165) is 11.1 Å². The molecule has 0 spiro atoms. The molecular formula is C27H38O13. The fourth-order valence-corrected chi connectivity index (χ4v) is 6.62. The molecule has 7 N–H and O–H groups in total. The van der Waals surface area contributed by atoms with Gasteiger partial charge in [0.25, 0.3) is 0 Å². The Morgan fingerprint density at radius 3 is 2.05 bits per heavy atom. The molecule has 5 rings (SSSR count). The van der Waals surface area contributed by atoms with Crippen LogP contribution in [0.15, 0.2) is 36.5 Å². The van der Waals surface area contributed by atoms with E-state index < -0.39 is 86.7 Å². The molecule has 13 nitrogen and oxygen atoms in total. The van der Waals surface area contributed by atoms with Crippen LogP contribution in [0, 0.1) is 17.8 Å². The number of fused-ring (bicyclic) bond motifs is 2. The Bertz CT molecular complexity index is 1010. The van der Waals surface area contributed by atoms with Crippen molar-refractivity contribution in [1.82, 2.24) is 0 Å². The van der Waals surface area contributed by atoms with Crippen molar-refractivity contribution in [3.63, 3.8) is 0 Å². The van der Waals surface area contributed by atoms with E-state index >= 15 is 0 Å². The molecule has 0 aromatic carbocycles. The number of hydrogen-bond donors (Lipinski definition) is 7. The largest absolute Gasteiger partial charge is 0.458 e. The number of hydrogen-bond acceptors (Lipinski definition) is 13. The Kier molecular flexibility index (Phi) is 8.55. The van der Waals surface area contributed by atoms with E-state index in [-0.39, 0.29) is 23.9 Å². The molecule has 0 amide bonds. The fraction of sp³-hybridized carbons (Fsp3) is 0.741. The van der Waals surface area contributed by atoms with E-state index in [9.17, 15) is 40.5 Å². The van der Waals surface area contributed by atoms with Crippen LogP contribution < -0.4 is 0 Å². The average Bonchev–Trinajstić information content (AvgIpc) is 3.33. The zero-order valence-corrected chi connectivity index (χ0v) is 21.9. The monoisotopic (exact) mass is 570 g/mol. The van der Waals surface area contributed by atoms with Crippen LogP contribution >= 0.6 is 0 Å². The first kappa shape index (κ1) is 29.7. The standard InChI is InChI=1S/C27H38O13/c1-9-4-16-14(11(3)25(35)36-16)5-13-10(2)15(6-12(9)13)37-26-23(34)21(32)24(18(8-29)39-26)40-27-22(33)20(31)19(30)17(7-28)38-27/h12-24,26-34H,1-8H2/t12?,13?,14?,15?,16?,17-,18-,19-,20+,21-,22-,23-,24-,26-,27+/m1/s1. The maximum absolute atomic E-state index is 12.1. The van der Waals surface area contributed by atoms with E-state index in [2.05, 4.69) is 19.7 Å². The summed E-state index contributed by atoms with van der Waals surface area (Å²) in [5.74, 6) is -0.635. The van der Waals surface area contributed by atoms with Gasteiger partial charge in [-0.3, -0.25) is 0 Å². The number of rotatable bonds is 6. The molecular weight excluding hydrogens is 532 g/mol. The van der Waals surface area contributed by atoms with Crippen molar-refractivity contribution in [2.45, 2.75) is 92.9 Å². The third-order valence-electron chi connectivity index (χ3n) is 9.01. The minimum atomic E-state index is -1.76. The average molecular weight is 571 g/mol. The molecule has 5 unspecified atom stereocenters. The molecule has 0 radical (unpaired) electrons. The molecule has 40 heavy (non-hydrogen) atoms. The van der Waals surface area contributed by atoms with Crippen molar-refractivity contribution in [1.29, 1.82) is 0 Å². The summed E-state index contributed by atoms with van der Waals surface area (Å²) in [6.07, 6.45) is -14.6. The second-order valence-corrected chi connectivity index (χ2v) is 11.3. The van der Waals surface area contributed by atoms with Gasteiger partial charge in [0.05, 0.1) is 19.3 Å². The predicted molar refractivity (Wildman–Crippen MR) is 133 cm³/mol. The van der Waals surface area contributed by atoms with Gasteiger partial charge in [-0.15, -0.1) is 0 Å². The van der Waals surface area contributed by atoms with Gasteiger partial charge in [-0.2, -0.15) is 0 Å². The number of ether oxygens (including phenoxy) is 5. The van der Waals surface area contributed by atoms with Gasteiger partial charge in [0.1, 0.15) is 54.9 Å². The van der Waals surface area contributed by atoms with E-state index in [1.165, 1.54) is 0 Å². The summed E-state index contributed by atoms with van der Waals surface area (Å²) in [4.78, 5) is 12.1. The lowest BCUT2D eigenvalue weighted by Gasteiger charge is -2.46. The molecule has 2 aliphatic carbocycles. The lowest BCUT2D eigenvalue weighted by Crippen LogP contribution is -2.64. The number of aliphatic hydroxyl groups is 7.